The van der Waals surface area contributed by atoms with E-state index in [1.807, 2.05) is 24.3 Å². The molecule has 0 saturated heterocycles. The van der Waals surface area contributed by atoms with Crippen molar-refractivity contribution in [1.82, 2.24) is 0 Å². The molecule has 3 heteroatoms. The molecule has 0 bridgehead atoms. The molecule has 0 radical (unpaired) electrons. The van der Waals surface area contributed by atoms with Crippen LogP contribution >= 0.6 is 23.4 Å². The van der Waals surface area contributed by atoms with Gasteiger partial charge < -0.3 is 5.73 Å². The Hall–Kier alpha value is -0.960. The Kier molecular flexibility index (Phi) is 5.96. The molecule has 2 rings (SSSR count). The van der Waals surface area contributed by atoms with Gasteiger partial charge in [0.25, 0.3) is 0 Å². The summed E-state index contributed by atoms with van der Waals surface area (Å²) in [5.41, 5.74) is 8.88. The first-order valence-corrected chi connectivity index (χ1v) is 8.26. The molecule has 2 aromatic rings. The van der Waals surface area contributed by atoms with Gasteiger partial charge in [-0.05, 0) is 36.1 Å². The third-order valence-electron chi connectivity index (χ3n) is 3.22. The van der Waals surface area contributed by atoms with Crippen LogP contribution in [-0.2, 0) is 12.8 Å². The second kappa shape index (κ2) is 7.72. The van der Waals surface area contributed by atoms with Crippen molar-refractivity contribution in [2.45, 2.75) is 30.7 Å². The molecule has 0 aromatic heterocycles. The molecular weight excluding hydrogens is 286 g/mol. The van der Waals surface area contributed by atoms with E-state index in [4.69, 9.17) is 17.3 Å². The first kappa shape index (κ1) is 15.4. The topological polar surface area (TPSA) is 26.0 Å². The molecule has 0 saturated carbocycles. The van der Waals surface area contributed by atoms with Crippen LogP contribution in [0.15, 0.2) is 53.4 Å². The average molecular weight is 306 g/mol. The lowest BCUT2D eigenvalue weighted by atomic mass is 10.0. The Bertz CT molecular complexity index is 539. The number of aryl methyl sites for hydroxylation is 1. The molecular formula is C17H20ClNS. The number of hydrogen-bond donors (Lipinski definition) is 1. The summed E-state index contributed by atoms with van der Waals surface area (Å²) in [6.07, 6.45) is 1.98. The van der Waals surface area contributed by atoms with Gasteiger partial charge in [-0.15, -0.1) is 11.8 Å². The van der Waals surface area contributed by atoms with Crippen molar-refractivity contribution in [1.29, 1.82) is 0 Å². The molecule has 1 unspecified atom stereocenters. The van der Waals surface area contributed by atoms with Gasteiger partial charge in [-0.3, -0.25) is 0 Å². The van der Waals surface area contributed by atoms with E-state index >= 15 is 0 Å². The number of halogens is 1. The smallest absolute Gasteiger partial charge is 0.0541 e. The standard InChI is InChI=1S/C17H20ClNS/c1-2-13-7-9-14(10-8-13)11-15(19)12-20-17-6-4-3-5-16(17)18/h3-10,15H,2,11-12,19H2,1H3. The molecule has 0 aliphatic heterocycles. The van der Waals surface area contributed by atoms with Crippen molar-refractivity contribution in [2.75, 3.05) is 5.75 Å². The Morgan fingerprint density at radius 3 is 2.35 bits per heavy atom. The van der Waals surface area contributed by atoms with E-state index < -0.39 is 0 Å². The average Bonchev–Trinajstić information content (AvgIpc) is 2.47. The van der Waals surface area contributed by atoms with Gasteiger partial charge in [0.05, 0.1) is 5.02 Å². The Morgan fingerprint density at radius 1 is 1.05 bits per heavy atom. The largest absolute Gasteiger partial charge is 0.327 e. The van der Waals surface area contributed by atoms with E-state index in [-0.39, 0.29) is 6.04 Å². The van der Waals surface area contributed by atoms with Gasteiger partial charge in [0.15, 0.2) is 0 Å². The van der Waals surface area contributed by atoms with Gasteiger partial charge in [0.2, 0.25) is 0 Å². The highest BCUT2D eigenvalue weighted by atomic mass is 35.5. The van der Waals surface area contributed by atoms with Crippen molar-refractivity contribution in [3.63, 3.8) is 0 Å². The zero-order valence-electron chi connectivity index (χ0n) is 11.7. The molecule has 2 N–H and O–H groups in total. The molecule has 0 heterocycles. The maximum absolute atomic E-state index is 6.21. The van der Waals surface area contributed by atoms with Crippen molar-refractivity contribution in [3.8, 4) is 0 Å². The van der Waals surface area contributed by atoms with E-state index in [1.165, 1.54) is 11.1 Å². The van der Waals surface area contributed by atoms with Crippen LogP contribution in [0.2, 0.25) is 5.02 Å². The molecule has 0 spiro atoms. The molecule has 0 aliphatic rings. The molecule has 20 heavy (non-hydrogen) atoms. The minimum Gasteiger partial charge on any atom is -0.327 e. The molecule has 2 aromatic carbocycles. The number of thioether (sulfide) groups is 1. The zero-order chi connectivity index (χ0) is 14.4. The van der Waals surface area contributed by atoms with Crippen LogP contribution in [0.4, 0.5) is 0 Å². The summed E-state index contributed by atoms with van der Waals surface area (Å²) in [6, 6.07) is 16.8. The SMILES string of the molecule is CCc1ccc(CC(N)CSc2ccccc2Cl)cc1. The number of nitrogens with two attached hydrogens (primary N) is 1. The third kappa shape index (κ3) is 4.55. The van der Waals surface area contributed by atoms with Crippen LogP contribution < -0.4 is 5.73 Å². The van der Waals surface area contributed by atoms with E-state index in [0.29, 0.717) is 0 Å². The molecule has 1 atom stereocenters. The minimum atomic E-state index is 0.142. The van der Waals surface area contributed by atoms with Gasteiger partial charge in [-0.25, -0.2) is 0 Å². The number of benzene rings is 2. The fourth-order valence-corrected chi connectivity index (χ4v) is 3.22. The van der Waals surface area contributed by atoms with Crippen LogP contribution in [0.25, 0.3) is 0 Å². The van der Waals surface area contributed by atoms with Gasteiger partial charge in [0.1, 0.15) is 0 Å². The van der Waals surface area contributed by atoms with E-state index in [2.05, 4.69) is 31.2 Å². The second-order valence-electron chi connectivity index (χ2n) is 4.88. The van der Waals surface area contributed by atoms with E-state index in [1.54, 1.807) is 11.8 Å². The summed E-state index contributed by atoms with van der Waals surface area (Å²) in [5, 5.41) is 0.803. The number of rotatable bonds is 6. The highest BCUT2D eigenvalue weighted by Crippen LogP contribution is 2.27. The lowest BCUT2D eigenvalue weighted by Crippen LogP contribution is -2.25. The second-order valence-corrected chi connectivity index (χ2v) is 6.34. The maximum atomic E-state index is 6.21. The maximum Gasteiger partial charge on any atom is 0.0541 e. The lowest BCUT2D eigenvalue weighted by molar-refractivity contribution is 0.748. The van der Waals surface area contributed by atoms with Gasteiger partial charge in [0, 0.05) is 16.7 Å². The summed E-state index contributed by atoms with van der Waals surface area (Å²) in [7, 11) is 0. The highest BCUT2D eigenvalue weighted by molar-refractivity contribution is 7.99. The summed E-state index contributed by atoms with van der Waals surface area (Å²) in [4.78, 5) is 1.10. The van der Waals surface area contributed by atoms with Crippen molar-refractivity contribution in [2.24, 2.45) is 5.73 Å². The van der Waals surface area contributed by atoms with Gasteiger partial charge >= 0.3 is 0 Å². The molecule has 0 fully saturated rings. The predicted molar refractivity (Wildman–Crippen MR) is 89.7 cm³/mol. The first-order valence-electron chi connectivity index (χ1n) is 6.89. The Labute approximate surface area is 130 Å². The summed E-state index contributed by atoms with van der Waals surface area (Å²) in [6.45, 7) is 2.17. The first-order chi connectivity index (χ1) is 9.69. The summed E-state index contributed by atoms with van der Waals surface area (Å²) < 4.78 is 0. The molecule has 0 amide bonds. The molecule has 106 valence electrons. The van der Waals surface area contributed by atoms with Gasteiger partial charge in [-0.1, -0.05) is 54.9 Å². The fourth-order valence-electron chi connectivity index (χ4n) is 2.03. The van der Waals surface area contributed by atoms with Crippen molar-refractivity contribution >= 4 is 23.4 Å². The summed E-state index contributed by atoms with van der Waals surface area (Å²) >= 11 is 7.86. The highest BCUT2D eigenvalue weighted by Gasteiger charge is 2.07. The minimum absolute atomic E-state index is 0.142. The normalized spacial score (nSPS) is 12.3. The van der Waals surface area contributed by atoms with Crippen LogP contribution in [0.5, 0.6) is 0 Å². The van der Waals surface area contributed by atoms with Crippen LogP contribution in [0.1, 0.15) is 18.1 Å². The van der Waals surface area contributed by atoms with Crippen LogP contribution in [-0.4, -0.2) is 11.8 Å². The van der Waals surface area contributed by atoms with Crippen LogP contribution in [0, 0.1) is 0 Å². The van der Waals surface area contributed by atoms with Crippen molar-refractivity contribution in [3.05, 3.63) is 64.7 Å². The van der Waals surface area contributed by atoms with E-state index in [9.17, 15) is 0 Å². The monoisotopic (exact) mass is 305 g/mol. The Morgan fingerprint density at radius 2 is 1.70 bits per heavy atom. The Balaban J connectivity index is 1.86. The van der Waals surface area contributed by atoms with Gasteiger partial charge in [-0.2, -0.15) is 0 Å². The quantitative estimate of drug-likeness (QED) is 0.791. The molecule has 0 aliphatic carbocycles. The third-order valence-corrected chi connectivity index (χ3v) is 4.92. The molecule has 1 nitrogen and oxygen atoms in total. The van der Waals surface area contributed by atoms with E-state index in [0.717, 1.165) is 28.5 Å². The summed E-state index contributed by atoms with van der Waals surface area (Å²) in [5.74, 6) is 0.874. The number of hydrogen-bond acceptors (Lipinski definition) is 2. The predicted octanol–water partition coefficient (Wildman–Crippen LogP) is 4.56. The van der Waals surface area contributed by atoms with Crippen molar-refractivity contribution < 1.29 is 0 Å². The fraction of sp³-hybridized carbons (Fsp3) is 0.294. The zero-order valence-corrected chi connectivity index (χ0v) is 13.3. The lowest BCUT2D eigenvalue weighted by Gasteiger charge is -2.12. The van der Waals surface area contributed by atoms with Crippen LogP contribution in [0.3, 0.4) is 0 Å².